The lowest BCUT2D eigenvalue weighted by Gasteiger charge is -2.06. The summed E-state index contributed by atoms with van der Waals surface area (Å²) in [5.74, 6) is 0.350. The summed E-state index contributed by atoms with van der Waals surface area (Å²) in [6, 6.07) is 5.66. The molecule has 0 aliphatic heterocycles. The van der Waals surface area contributed by atoms with Crippen LogP contribution >= 0.6 is 34.2 Å². The van der Waals surface area contributed by atoms with Crippen molar-refractivity contribution in [2.75, 3.05) is 12.4 Å². The van der Waals surface area contributed by atoms with E-state index in [1.165, 1.54) is 0 Å². The van der Waals surface area contributed by atoms with Crippen LogP contribution in [0.25, 0.3) is 0 Å². The Balaban J connectivity index is 2.90. The van der Waals surface area contributed by atoms with Crippen molar-refractivity contribution in [3.8, 4) is 0 Å². The SMILES string of the molecule is CN=C(N)Nc1ccc(I)cc1Cl. The minimum absolute atomic E-state index is 0.350. The third-order valence-electron chi connectivity index (χ3n) is 1.43. The molecule has 0 unspecified atom stereocenters. The first-order chi connectivity index (χ1) is 6.13. The maximum Gasteiger partial charge on any atom is 0.192 e. The van der Waals surface area contributed by atoms with Gasteiger partial charge < -0.3 is 11.1 Å². The number of benzene rings is 1. The first kappa shape index (κ1) is 10.6. The highest BCUT2D eigenvalue weighted by molar-refractivity contribution is 14.1. The number of hydrogen-bond donors (Lipinski definition) is 2. The summed E-state index contributed by atoms with van der Waals surface area (Å²) in [6.07, 6.45) is 0. The van der Waals surface area contributed by atoms with E-state index in [4.69, 9.17) is 17.3 Å². The number of aliphatic imine (C=N–C) groups is 1. The third kappa shape index (κ3) is 3.04. The number of nitrogens with one attached hydrogen (secondary N) is 1. The highest BCUT2D eigenvalue weighted by Gasteiger charge is 2.00. The van der Waals surface area contributed by atoms with Crippen molar-refractivity contribution in [1.82, 2.24) is 0 Å². The van der Waals surface area contributed by atoms with Crippen LogP contribution in [0.3, 0.4) is 0 Å². The van der Waals surface area contributed by atoms with Crippen LogP contribution in [0, 0.1) is 3.57 Å². The molecule has 0 spiro atoms. The van der Waals surface area contributed by atoms with Gasteiger partial charge in [0.25, 0.3) is 0 Å². The molecule has 0 radical (unpaired) electrons. The molecule has 1 rings (SSSR count). The van der Waals surface area contributed by atoms with Gasteiger partial charge in [-0.2, -0.15) is 0 Å². The van der Waals surface area contributed by atoms with Gasteiger partial charge in [0, 0.05) is 10.6 Å². The monoisotopic (exact) mass is 309 g/mol. The second-order valence-corrected chi connectivity index (χ2v) is 4.01. The van der Waals surface area contributed by atoms with E-state index in [9.17, 15) is 0 Å². The smallest absolute Gasteiger partial charge is 0.192 e. The Morgan fingerprint density at radius 2 is 2.31 bits per heavy atom. The van der Waals surface area contributed by atoms with E-state index in [1.807, 2.05) is 18.2 Å². The molecule has 0 saturated heterocycles. The van der Waals surface area contributed by atoms with Crippen molar-refractivity contribution < 1.29 is 0 Å². The second kappa shape index (κ2) is 4.66. The number of guanidine groups is 1. The summed E-state index contributed by atoms with van der Waals surface area (Å²) in [5, 5.41) is 3.52. The number of anilines is 1. The normalized spacial score (nSPS) is 11.5. The lowest BCUT2D eigenvalue weighted by Crippen LogP contribution is -2.22. The molecule has 0 amide bonds. The number of hydrogen-bond acceptors (Lipinski definition) is 1. The van der Waals surface area contributed by atoms with Crippen LogP contribution in [0.2, 0.25) is 5.02 Å². The maximum atomic E-state index is 5.95. The Labute approximate surface area is 95.5 Å². The molecular formula is C8H9ClIN3. The van der Waals surface area contributed by atoms with E-state index in [0.29, 0.717) is 11.0 Å². The van der Waals surface area contributed by atoms with E-state index >= 15 is 0 Å². The van der Waals surface area contributed by atoms with Gasteiger partial charge in [0.05, 0.1) is 10.7 Å². The molecule has 0 aliphatic carbocycles. The topological polar surface area (TPSA) is 50.4 Å². The average Bonchev–Trinajstić information content (AvgIpc) is 2.09. The van der Waals surface area contributed by atoms with Crippen molar-refractivity contribution in [2.45, 2.75) is 0 Å². The molecule has 0 aromatic heterocycles. The van der Waals surface area contributed by atoms with Gasteiger partial charge in [-0.1, -0.05) is 11.6 Å². The van der Waals surface area contributed by atoms with Crippen molar-refractivity contribution in [2.24, 2.45) is 10.7 Å². The molecule has 0 heterocycles. The standard InChI is InChI=1S/C8H9ClIN3/c1-12-8(11)13-7-3-2-5(10)4-6(7)9/h2-4H,1H3,(H3,11,12,13). The zero-order valence-electron chi connectivity index (χ0n) is 7.01. The van der Waals surface area contributed by atoms with Crippen LogP contribution in [0.5, 0.6) is 0 Å². The lowest BCUT2D eigenvalue weighted by atomic mass is 10.3. The van der Waals surface area contributed by atoms with Crippen LogP contribution < -0.4 is 11.1 Å². The predicted molar refractivity (Wildman–Crippen MR) is 65.3 cm³/mol. The van der Waals surface area contributed by atoms with Crippen LogP contribution in [0.4, 0.5) is 5.69 Å². The van der Waals surface area contributed by atoms with E-state index in [1.54, 1.807) is 7.05 Å². The molecule has 3 nitrogen and oxygen atoms in total. The summed E-state index contributed by atoms with van der Waals surface area (Å²) >= 11 is 8.14. The van der Waals surface area contributed by atoms with Crippen LogP contribution in [0.1, 0.15) is 0 Å². The van der Waals surface area contributed by atoms with Crippen LogP contribution in [-0.2, 0) is 0 Å². The molecule has 70 valence electrons. The largest absolute Gasteiger partial charge is 0.370 e. The minimum Gasteiger partial charge on any atom is -0.370 e. The number of halogens is 2. The number of nitrogens with two attached hydrogens (primary N) is 1. The third-order valence-corrected chi connectivity index (χ3v) is 2.42. The molecule has 0 atom stereocenters. The van der Waals surface area contributed by atoms with E-state index in [0.717, 1.165) is 9.26 Å². The van der Waals surface area contributed by atoms with Gasteiger partial charge in [-0.25, -0.2) is 0 Å². The van der Waals surface area contributed by atoms with Crippen molar-refractivity contribution >= 4 is 45.8 Å². The van der Waals surface area contributed by atoms with Gasteiger partial charge in [-0.05, 0) is 40.8 Å². The first-order valence-electron chi connectivity index (χ1n) is 3.58. The summed E-state index contributed by atoms with van der Waals surface area (Å²) in [4.78, 5) is 3.77. The van der Waals surface area contributed by atoms with E-state index < -0.39 is 0 Å². The summed E-state index contributed by atoms with van der Waals surface area (Å²) in [6.45, 7) is 0. The molecule has 13 heavy (non-hydrogen) atoms. The highest BCUT2D eigenvalue weighted by Crippen LogP contribution is 2.23. The van der Waals surface area contributed by atoms with Gasteiger partial charge in [-0.3, -0.25) is 4.99 Å². The Bertz CT molecular complexity index is 338. The maximum absolute atomic E-state index is 5.95. The summed E-state index contributed by atoms with van der Waals surface area (Å²) in [7, 11) is 1.61. The zero-order valence-corrected chi connectivity index (χ0v) is 9.93. The summed E-state index contributed by atoms with van der Waals surface area (Å²) in [5.41, 5.74) is 6.26. The fourth-order valence-corrected chi connectivity index (χ4v) is 1.69. The Hall–Kier alpha value is -0.490. The van der Waals surface area contributed by atoms with Crippen LogP contribution in [0.15, 0.2) is 23.2 Å². The lowest BCUT2D eigenvalue weighted by molar-refractivity contribution is 1.38. The fraction of sp³-hybridized carbons (Fsp3) is 0.125. The molecule has 0 fully saturated rings. The van der Waals surface area contributed by atoms with Gasteiger partial charge in [0.2, 0.25) is 0 Å². The first-order valence-corrected chi connectivity index (χ1v) is 5.03. The fourth-order valence-electron chi connectivity index (χ4n) is 0.785. The Kier molecular flexibility index (Phi) is 3.80. The molecule has 1 aromatic rings. The molecule has 3 N–H and O–H groups in total. The Morgan fingerprint density at radius 3 is 2.85 bits per heavy atom. The summed E-state index contributed by atoms with van der Waals surface area (Å²) < 4.78 is 1.08. The molecule has 0 bridgehead atoms. The average molecular weight is 310 g/mol. The highest BCUT2D eigenvalue weighted by atomic mass is 127. The van der Waals surface area contributed by atoms with Gasteiger partial charge >= 0.3 is 0 Å². The minimum atomic E-state index is 0.350. The Morgan fingerprint density at radius 1 is 1.62 bits per heavy atom. The van der Waals surface area contributed by atoms with E-state index in [2.05, 4.69) is 32.9 Å². The quantitative estimate of drug-likeness (QED) is 0.475. The zero-order chi connectivity index (χ0) is 9.84. The molecule has 0 aliphatic rings. The molecule has 0 saturated carbocycles. The number of rotatable bonds is 1. The molecule has 5 heteroatoms. The van der Waals surface area contributed by atoms with Crippen LogP contribution in [-0.4, -0.2) is 13.0 Å². The van der Waals surface area contributed by atoms with Crippen molar-refractivity contribution in [3.63, 3.8) is 0 Å². The molecule has 1 aromatic carbocycles. The molecular weight excluding hydrogens is 300 g/mol. The predicted octanol–water partition coefficient (Wildman–Crippen LogP) is 2.30. The van der Waals surface area contributed by atoms with Gasteiger partial charge in [0.15, 0.2) is 5.96 Å². The van der Waals surface area contributed by atoms with Crippen molar-refractivity contribution in [3.05, 3.63) is 26.8 Å². The van der Waals surface area contributed by atoms with Crippen molar-refractivity contribution in [1.29, 1.82) is 0 Å². The second-order valence-electron chi connectivity index (χ2n) is 2.36. The number of nitrogens with zero attached hydrogens (tertiary/aromatic N) is 1. The van der Waals surface area contributed by atoms with Gasteiger partial charge in [0.1, 0.15) is 0 Å². The van der Waals surface area contributed by atoms with E-state index in [-0.39, 0.29) is 0 Å². The van der Waals surface area contributed by atoms with Gasteiger partial charge in [-0.15, -0.1) is 0 Å².